The minimum atomic E-state index is -4.45. The van der Waals surface area contributed by atoms with Crippen molar-refractivity contribution in [1.29, 1.82) is 0 Å². The molecule has 86 valence electrons. The molecule has 1 aromatic heterocycles. The monoisotopic (exact) mass is 230 g/mol. The number of H-pyrrole nitrogens is 1. The van der Waals surface area contributed by atoms with Gasteiger partial charge in [0.15, 0.2) is 0 Å². The minimum absolute atomic E-state index is 0.274. The molecule has 0 saturated heterocycles. The number of alkyl halides is 3. The Hall–Kier alpha value is -1.72. The largest absolute Gasteiger partial charge is 0.494 e. The maximum Gasteiger partial charge on any atom is 0.449 e. The summed E-state index contributed by atoms with van der Waals surface area (Å²) in [5.74, 6) is -0.469. The molecule has 0 spiro atoms. The van der Waals surface area contributed by atoms with E-state index < -0.39 is 12.0 Å². The summed E-state index contributed by atoms with van der Waals surface area (Å²) < 4.78 is 42.2. The predicted octanol–water partition coefficient (Wildman–Crippen LogP) is 2.98. The summed E-state index contributed by atoms with van der Waals surface area (Å²) in [5.41, 5.74) is 0.592. The lowest BCUT2D eigenvalue weighted by molar-refractivity contribution is -0.144. The molecule has 6 heteroatoms. The Bertz CT molecular complexity index is 504. The summed E-state index contributed by atoms with van der Waals surface area (Å²) in [6.45, 7) is 2.27. The van der Waals surface area contributed by atoms with Crippen LogP contribution in [0.25, 0.3) is 11.0 Å². The molecule has 0 bridgehead atoms. The Morgan fingerprint density at radius 2 is 2.12 bits per heavy atom. The summed E-state index contributed by atoms with van der Waals surface area (Å²) in [6.07, 6.45) is -4.45. The first kappa shape index (κ1) is 10.8. The molecular formula is C10H9F3N2O. The highest BCUT2D eigenvalue weighted by Gasteiger charge is 2.34. The number of hydrogen-bond donors (Lipinski definition) is 1. The van der Waals surface area contributed by atoms with Crippen LogP contribution in [0.2, 0.25) is 0 Å². The van der Waals surface area contributed by atoms with Gasteiger partial charge < -0.3 is 9.72 Å². The Balaban J connectivity index is 2.46. The molecule has 0 aliphatic carbocycles. The fourth-order valence-corrected chi connectivity index (χ4v) is 1.38. The Labute approximate surface area is 89.2 Å². The highest BCUT2D eigenvalue weighted by Crippen LogP contribution is 2.29. The first-order valence-corrected chi connectivity index (χ1v) is 4.70. The minimum Gasteiger partial charge on any atom is -0.494 e. The molecule has 0 aliphatic heterocycles. The van der Waals surface area contributed by atoms with Crippen molar-refractivity contribution in [2.45, 2.75) is 13.1 Å². The number of benzene rings is 1. The van der Waals surface area contributed by atoms with Crippen LogP contribution in [-0.2, 0) is 6.18 Å². The third-order valence-corrected chi connectivity index (χ3v) is 2.03. The Morgan fingerprint density at radius 1 is 1.38 bits per heavy atom. The van der Waals surface area contributed by atoms with Crippen LogP contribution in [0.15, 0.2) is 18.2 Å². The maximum absolute atomic E-state index is 12.3. The van der Waals surface area contributed by atoms with Gasteiger partial charge in [-0.25, -0.2) is 4.98 Å². The number of halogens is 3. The standard InChI is InChI=1S/C10H9F3N2O/c1-2-16-6-3-4-7-8(5-6)15-9(14-7)10(11,12)13/h3-5H,2H2,1H3,(H,14,15). The fraction of sp³-hybridized carbons (Fsp3) is 0.300. The highest BCUT2D eigenvalue weighted by molar-refractivity contribution is 5.76. The molecule has 1 aromatic carbocycles. The van der Waals surface area contributed by atoms with E-state index in [1.165, 1.54) is 12.1 Å². The first-order chi connectivity index (χ1) is 7.50. The van der Waals surface area contributed by atoms with Crippen molar-refractivity contribution >= 4 is 11.0 Å². The number of fused-ring (bicyclic) bond motifs is 1. The maximum atomic E-state index is 12.3. The second kappa shape index (κ2) is 3.70. The third kappa shape index (κ3) is 1.95. The third-order valence-electron chi connectivity index (χ3n) is 2.03. The smallest absolute Gasteiger partial charge is 0.449 e. The van der Waals surface area contributed by atoms with Gasteiger partial charge in [0.05, 0.1) is 17.6 Å². The zero-order valence-corrected chi connectivity index (χ0v) is 8.43. The van der Waals surface area contributed by atoms with Gasteiger partial charge in [-0.1, -0.05) is 0 Å². The van der Waals surface area contributed by atoms with Crippen molar-refractivity contribution in [3.63, 3.8) is 0 Å². The lowest BCUT2D eigenvalue weighted by atomic mass is 10.3. The summed E-state index contributed by atoms with van der Waals surface area (Å²) in [6, 6.07) is 4.58. The van der Waals surface area contributed by atoms with E-state index in [2.05, 4.69) is 9.97 Å². The first-order valence-electron chi connectivity index (χ1n) is 4.70. The van der Waals surface area contributed by atoms with Crippen molar-refractivity contribution in [1.82, 2.24) is 9.97 Å². The topological polar surface area (TPSA) is 37.9 Å². The number of nitrogens with zero attached hydrogens (tertiary/aromatic N) is 1. The van der Waals surface area contributed by atoms with Gasteiger partial charge in [0.1, 0.15) is 5.75 Å². The molecule has 0 aliphatic rings. The predicted molar refractivity (Wildman–Crippen MR) is 52.3 cm³/mol. The van der Waals surface area contributed by atoms with E-state index >= 15 is 0 Å². The number of nitrogens with one attached hydrogen (secondary N) is 1. The average molecular weight is 230 g/mol. The van der Waals surface area contributed by atoms with E-state index in [1.807, 2.05) is 0 Å². The van der Waals surface area contributed by atoms with Gasteiger partial charge in [-0.15, -0.1) is 0 Å². The van der Waals surface area contributed by atoms with Crippen LogP contribution in [0.1, 0.15) is 12.7 Å². The molecule has 16 heavy (non-hydrogen) atoms. The van der Waals surface area contributed by atoms with E-state index in [0.717, 1.165) is 0 Å². The van der Waals surface area contributed by atoms with Crippen molar-refractivity contribution in [3.8, 4) is 5.75 Å². The molecule has 0 fully saturated rings. The van der Waals surface area contributed by atoms with E-state index in [-0.39, 0.29) is 5.52 Å². The number of aromatic amines is 1. The molecule has 0 saturated carbocycles. The van der Waals surface area contributed by atoms with E-state index in [0.29, 0.717) is 17.9 Å². The van der Waals surface area contributed by atoms with Gasteiger partial charge in [-0.05, 0) is 19.1 Å². The summed E-state index contributed by atoms with van der Waals surface area (Å²) >= 11 is 0. The van der Waals surface area contributed by atoms with Crippen LogP contribution in [0.3, 0.4) is 0 Å². The second-order valence-corrected chi connectivity index (χ2v) is 3.20. The van der Waals surface area contributed by atoms with Crippen LogP contribution in [0.4, 0.5) is 13.2 Å². The molecule has 0 unspecified atom stereocenters. The molecule has 1 heterocycles. The molecule has 2 rings (SSSR count). The quantitative estimate of drug-likeness (QED) is 0.861. The van der Waals surface area contributed by atoms with Crippen molar-refractivity contribution in [3.05, 3.63) is 24.0 Å². The summed E-state index contributed by atoms with van der Waals surface area (Å²) in [4.78, 5) is 5.67. The van der Waals surface area contributed by atoms with E-state index in [4.69, 9.17) is 4.74 Å². The van der Waals surface area contributed by atoms with Crippen LogP contribution < -0.4 is 4.74 Å². The van der Waals surface area contributed by atoms with Gasteiger partial charge in [0, 0.05) is 6.07 Å². The average Bonchev–Trinajstić information content (AvgIpc) is 2.60. The van der Waals surface area contributed by atoms with Crippen LogP contribution in [0, 0.1) is 0 Å². The van der Waals surface area contributed by atoms with Gasteiger partial charge >= 0.3 is 6.18 Å². The molecule has 1 N–H and O–H groups in total. The van der Waals surface area contributed by atoms with E-state index in [1.54, 1.807) is 13.0 Å². The lowest BCUT2D eigenvalue weighted by Crippen LogP contribution is -2.06. The highest BCUT2D eigenvalue weighted by atomic mass is 19.4. The molecule has 0 amide bonds. The SMILES string of the molecule is CCOc1ccc2nc(C(F)(F)F)[nH]c2c1. The van der Waals surface area contributed by atoms with Gasteiger partial charge in [0.25, 0.3) is 0 Å². The number of imidazole rings is 1. The molecule has 0 radical (unpaired) electrons. The summed E-state index contributed by atoms with van der Waals surface area (Å²) in [7, 11) is 0. The van der Waals surface area contributed by atoms with Crippen molar-refractivity contribution < 1.29 is 17.9 Å². The van der Waals surface area contributed by atoms with Gasteiger partial charge in [-0.2, -0.15) is 13.2 Å². The second-order valence-electron chi connectivity index (χ2n) is 3.20. The number of ether oxygens (including phenoxy) is 1. The normalized spacial score (nSPS) is 12.0. The lowest BCUT2D eigenvalue weighted by Gasteiger charge is -2.01. The van der Waals surface area contributed by atoms with Crippen molar-refractivity contribution in [2.24, 2.45) is 0 Å². The number of aromatic nitrogens is 2. The van der Waals surface area contributed by atoms with E-state index in [9.17, 15) is 13.2 Å². The molecule has 0 atom stereocenters. The number of hydrogen-bond acceptors (Lipinski definition) is 2. The van der Waals surface area contributed by atoms with Gasteiger partial charge in [-0.3, -0.25) is 0 Å². The molecular weight excluding hydrogens is 221 g/mol. The summed E-state index contributed by atoms with van der Waals surface area (Å²) in [5, 5.41) is 0. The zero-order valence-electron chi connectivity index (χ0n) is 8.43. The molecule has 3 nitrogen and oxygen atoms in total. The van der Waals surface area contributed by atoms with Gasteiger partial charge in [0.2, 0.25) is 5.82 Å². The zero-order chi connectivity index (χ0) is 11.8. The van der Waals surface area contributed by atoms with Crippen LogP contribution >= 0.6 is 0 Å². The van der Waals surface area contributed by atoms with Crippen molar-refractivity contribution in [2.75, 3.05) is 6.61 Å². The fourth-order valence-electron chi connectivity index (χ4n) is 1.38. The molecule has 2 aromatic rings. The van der Waals surface area contributed by atoms with Crippen LogP contribution in [-0.4, -0.2) is 16.6 Å². The van der Waals surface area contributed by atoms with Crippen LogP contribution in [0.5, 0.6) is 5.75 Å². The number of rotatable bonds is 2. The Morgan fingerprint density at radius 3 is 2.75 bits per heavy atom. The Kier molecular flexibility index (Phi) is 2.49.